The molecule has 6 heteroatoms. The van der Waals surface area contributed by atoms with Crippen molar-refractivity contribution in [2.24, 2.45) is 7.05 Å². The lowest BCUT2D eigenvalue weighted by atomic mass is 10.3. The summed E-state index contributed by atoms with van der Waals surface area (Å²) < 4.78 is 13.4. The maximum absolute atomic E-state index is 5.87. The van der Waals surface area contributed by atoms with Crippen LogP contribution in [-0.2, 0) is 7.05 Å². The molecule has 1 aliphatic rings. The third-order valence-electron chi connectivity index (χ3n) is 2.64. The Morgan fingerprint density at radius 1 is 1.39 bits per heavy atom. The van der Waals surface area contributed by atoms with E-state index in [4.69, 9.17) is 9.47 Å². The van der Waals surface area contributed by atoms with Crippen molar-refractivity contribution in [1.82, 2.24) is 14.8 Å². The molecule has 2 heterocycles. The lowest BCUT2D eigenvalue weighted by Crippen LogP contribution is -2.31. The summed E-state index contributed by atoms with van der Waals surface area (Å²) in [5, 5.41) is 8.75. The average molecular weight is 263 g/mol. The molecular weight excluding hydrogens is 250 g/mol. The first-order valence-corrected chi connectivity index (χ1v) is 6.67. The Labute approximate surface area is 109 Å². The summed E-state index contributed by atoms with van der Waals surface area (Å²) >= 11 is 1.62. The summed E-state index contributed by atoms with van der Waals surface area (Å²) in [6.45, 7) is 0.571. The molecule has 0 N–H and O–H groups in total. The highest BCUT2D eigenvalue weighted by Crippen LogP contribution is 2.32. The van der Waals surface area contributed by atoms with Gasteiger partial charge in [-0.1, -0.05) is 23.9 Å². The number of benzene rings is 1. The second-order valence-corrected chi connectivity index (χ2v) is 5.02. The Morgan fingerprint density at radius 3 is 3.00 bits per heavy atom. The highest BCUT2D eigenvalue weighted by atomic mass is 32.2. The molecule has 0 aliphatic carbocycles. The second-order valence-electron chi connectivity index (χ2n) is 4.03. The lowest BCUT2D eigenvalue weighted by Gasteiger charge is -2.25. The Balaban J connectivity index is 1.61. The van der Waals surface area contributed by atoms with Gasteiger partial charge in [0.2, 0.25) is 0 Å². The number of ether oxygens (including phenoxy) is 2. The van der Waals surface area contributed by atoms with Gasteiger partial charge in [0.15, 0.2) is 16.7 Å². The van der Waals surface area contributed by atoms with Gasteiger partial charge in [-0.3, -0.25) is 0 Å². The van der Waals surface area contributed by atoms with Gasteiger partial charge in [-0.15, -0.1) is 10.2 Å². The van der Waals surface area contributed by atoms with Crippen LogP contribution in [0.25, 0.3) is 0 Å². The average Bonchev–Trinajstić information content (AvgIpc) is 2.82. The molecule has 1 aromatic heterocycles. The quantitative estimate of drug-likeness (QED) is 0.790. The fourth-order valence-corrected chi connectivity index (χ4v) is 2.57. The van der Waals surface area contributed by atoms with Crippen molar-refractivity contribution >= 4 is 11.8 Å². The van der Waals surface area contributed by atoms with E-state index in [0.717, 1.165) is 22.4 Å². The molecule has 3 rings (SSSR count). The zero-order valence-corrected chi connectivity index (χ0v) is 10.8. The van der Waals surface area contributed by atoms with E-state index in [9.17, 15) is 0 Å². The normalized spacial score (nSPS) is 17.7. The minimum Gasteiger partial charge on any atom is -0.486 e. The van der Waals surface area contributed by atoms with Gasteiger partial charge in [0, 0.05) is 12.8 Å². The largest absolute Gasteiger partial charge is 0.486 e. The van der Waals surface area contributed by atoms with E-state index < -0.39 is 0 Å². The van der Waals surface area contributed by atoms with Crippen LogP contribution in [-0.4, -0.2) is 33.2 Å². The van der Waals surface area contributed by atoms with Gasteiger partial charge in [0.1, 0.15) is 19.0 Å². The third kappa shape index (κ3) is 2.28. The summed E-state index contributed by atoms with van der Waals surface area (Å²) in [4.78, 5) is 0. The van der Waals surface area contributed by atoms with Gasteiger partial charge in [0.25, 0.3) is 0 Å². The first-order valence-electron chi connectivity index (χ1n) is 5.68. The van der Waals surface area contributed by atoms with Crippen LogP contribution in [0.4, 0.5) is 0 Å². The fourth-order valence-electron chi connectivity index (χ4n) is 1.72. The van der Waals surface area contributed by atoms with E-state index in [1.54, 1.807) is 18.1 Å². The van der Waals surface area contributed by atoms with Crippen molar-refractivity contribution in [2.75, 3.05) is 12.4 Å². The van der Waals surface area contributed by atoms with Crippen molar-refractivity contribution in [3.8, 4) is 11.5 Å². The van der Waals surface area contributed by atoms with Crippen molar-refractivity contribution in [3.63, 3.8) is 0 Å². The van der Waals surface area contributed by atoms with Gasteiger partial charge >= 0.3 is 0 Å². The molecule has 0 spiro atoms. The molecule has 0 fully saturated rings. The predicted molar refractivity (Wildman–Crippen MR) is 68.1 cm³/mol. The highest BCUT2D eigenvalue weighted by Gasteiger charge is 2.21. The number of aryl methyl sites for hydroxylation is 1. The van der Waals surface area contributed by atoms with Crippen LogP contribution >= 0.6 is 11.8 Å². The predicted octanol–water partition coefficient (Wildman–Crippen LogP) is 1.75. The van der Waals surface area contributed by atoms with Crippen LogP contribution in [0.5, 0.6) is 11.5 Å². The van der Waals surface area contributed by atoms with Crippen LogP contribution in [0.2, 0.25) is 0 Å². The lowest BCUT2D eigenvalue weighted by molar-refractivity contribution is 0.107. The molecule has 1 aliphatic heterocycles. The zero-order chi connectivity index (χ0) is 12.4. The molecule has 0 saturated carbocycles. The van der Waals surface area contributed by atoms with Crippen LogP contribution in [0.15, 0.2) is 35.7 Å². The zero-order valence-electron chi connectivity index (χ0n) is 9.94. The van der Waals surface area contributed by atoms with Gasteiger partial charge in [-0.2, -0.15) is 0 Å². The Morgan fingerprint density at radius 2 is 2.22 bits per heavy atom. The first-order chi connectivity index (χ1) is 8.83. The topological polar surface area (TPSA) is 49.2 Å². The summed E-state index contributed by atoms with van der Waals surface area (Å²) in [7, 11) is 1.93. The minimum absolute atomic E-state index is 0.0431. The smallest absolute Gasteiger partial charge is 0.190 e. The Kier molecular flexibility index (Phi) is 3.10. The van der Waals surface area contributed by atoms with E-state index in [2.05, 4.69) is 10.2 Å². The van der Waals surface area contributed by atoms with Gasteiger partial charge < -0.3 is 14.0 Å². The second kappa shape index (κ2) is 4.89. The number of aromatic nitrogens is 3. The molecule has 5 nitrogen and oxygen atoms in total. The molecule has 2 aromatic rings. The molecule has 18 heavy (non-hydrogen) atoms. The molecule has 1 unspecified atom stereocenters. The van der Waals surface area contributed by atoms with E-state index in [1.807, 2.05) is 35.9 Å². The van der Waals surface area contributed by atoms with Crippen LogP contribution in [0.3, 0.4) is 0 Å². The SMILES string of the molecule is Cn1cnnc1SCC1COc2ccccc2O1. The molecule has 0 amide bonds. The highest BCUT2D eigenvalue weighted by molar-refractivity contribution is 7.99. The van der Waals surface area contributed by atoms with E-state index in [-0.39, 0.29) is 6.10 Å². The van der Waals surface area contributed by atoms with Crippen LogP contribution < -0.4 is 9.47 Å². The van der Waals surface area contributed by atoms with E-state index >= 15 is 0 Å². The molecule has 1 atom stereocenters. The number of rotatable bonds is 3. The van der Waals surface area contributed by atoms with Crippen molar-refractivity contribution in [3.05, 3.63) is 30.6 Å². The molecule has 94 valence electrons. The van der Waals surface area contributed by atoms with Crippen LogP contribution in [0, 0.1) is 0 Å². The maximum atomic E-state index is 5.87. The standard InChI is InChI=1S/C12H13N3O2S/c1-15-8-13-14-12(15)18-7-9-6-16-10-4-2-3-5-11(10)17-9/h2-5,8-9H,6-7H2,1H3. The van der Waals surface area contributed by atoms with Gasteiger partial charge in [-0.05, 0) is 12.1 Å². The third-order valence-corrected chi connectivity index (χ3v) is 3.80. The number of nitrogens with zero attached hydrogens (tertiary/aromatic N) is 3. The number of thioether (sulfide) groups is 1. The van der Waals surface area contributed by atoms with Crippen molar-refractivity contribution in [2.45, 2.75) is 11.3 Å². The fraction of sp³-hybridized carbons (Fsp3) is 0.333. The van der Waals surface area contributed by atoms with Crippen molar-refractivity contribution in [1.29, 1.82) is 0 Å². The minimum atomic E-state index is 0.0431. The van der Waals surface area contributed by atoms with Gasteiger partial charge in [-0.25, -0.2) is 0 Å². The molecule has 0 bridgehead atoms. The number of hydrogen-bond donors (Lipinski definition) is 0. The summed E-state index contributed by atoms with van der Waals surface area (Å²) in [5.74, 6) is 2.42. The Bertz CT molecular complexity index is 544. The molecule has 0 saturated heterocycles. The van der Waals surface area contributed by atoms with Crippen LogP contribution in [0.1, 0.15) is 0 Å². The molecular formula is C12H13N3O2S. The van der Waals surface area contributed by atoms with Crippen molar-refractivity contribution < 1.29 is 9.47 Å². The van der Waals surface area contributed by atoms with Gasteiger partial charge in [0.05, 0.1) is 0 Å². The molecule has 0 radical (unpaired) electrons. The van der Waals surface area contributed by atoms with E-state index in [1.165, 1.54) is 0 Å². The number of hydrogen-bond acceptors (Lipinski definition) is 5. The summed E-state index contributed by atoms with van der Waals surface area (Å²) in [6, 6.07) is 7.73. The number of fused-ring (bicyclic) bond motifs is 1. The first kappa shape index (κ1) is 11.4. The van der Waals surface area contributed by atoms with E-state index in [0.29, 0.717) is 6.61 Å². The summed E-state index contributed by atoms with van der Waals surface area (Å²) in [5.41, 5.74) is 0. The molecule has 1 aromatic carbocycles. The monoisotopic (exact) mass is 263 g/mol. The summed E-state index contributed by atoms with van der Waals surface area (Å²) in [6.07, 6.45) is 1.73. The Hall–Kier alpha value is -1.69. The number of para-hydroxylation sites is 2. The maximum Gasteiger partial charge on any atom is 0.190 e.